The van der Waals surface area contributed by atoms with Crippen LogP contribution in [-0.2, 0) is 11.2 Å². The number of aryl methyl sites for hydroxylation is 1. The molecule has 0 radical (unpaired) electrons. The number of rotatable bonds is 3. The first-order valence-electron chi connectivity index (χ1n) is 5.81. The number of carbonyl (C=O) groups is 1. The maximum Gasteiger partial charge on any atom is 0.230 e. The minimum absolute atomic E-state index is 0.0770. The number of carbonyl (C=O) groups excluding carboxylic acids is 1. The van der Waals surface area contributed by atoms with Crippen LogP contribution in [0.2, 0.25) is 0 Å². The fraction of sp³-hybridized carbons (Fsp3) is 0.143. The second kappa shape index (κ2) is 5.48. The Bertz CT molecular complexity index is 596. The Labute approximate surface area is 110 Å². The zero-order valence-corrected chi connectivity index (χ0v) is 10.5. The molecule has 2 aromatic rings. The van der Waals surface area contributed by atoms with Crippen LogP contribution in [0.3, 0.4) is 0 Å². The lowest BCUT2D eigenvalue weighted by Crippen LogP contribution is -2.16. The standard InChI is InChI=1S/C14H14FN3O/c1-9-2-5-13(12(15)6-9)18-14(19)7-11-4-3-10(16)8-17-11/h2-6,8H,7,16H2,1H3,(H,18,19). The normalized spacial score (nSPS) is 10.2. The van der Waals surface area contributed by atoms with E-state index in [2.05, 4.69) is 10.3 Å². The van der Waals surface area contributed by atoms with Gasteiger partial charge in [0.2, 0.25) is 5.91 Å². The number of benzene rings is 1. The molecule has 0 saturated heterocycles. The molecule has 0 fully saturated rings. The van der Waals surface area contributed by atoms with E-state index >= 15 is 0 Å². The second-order valence-corrected chi connectivity index (χ2v) is 4.29. The Morgan fingerprint density at radius 3 is 2.79 bits per heavy atom. The molecule has 0 aliphatic rings. The van der Waals surface area contributed by atoms with Gasteiger partial charge in [-0.1, -0.05) is 6.07 Å². The van der Waals surface area contributed by atoms with Gasteiger partial charge in [-0.25, -0.2) is 4.39 Å². The Kier molecular flexibility index (Phi) is 3.75. The maximum atomic E-state index is 13.6. The highest BCUT2D eigenvalue weighted by Crippen LogP contribution is 2.15. The molecule has 0 bridgehead atoms. The number of nitrogens with one attached hydrogen (secondary N) is 1. The topological polar surface area (TPSA) is 68.0 Å². The predicted molar refractivity (Wildman–Crippen MR) is 72.1 cm³/mol. The van der Waals surface area contributed by atoms with Gasteiger partial charge in [-0.15, -0.1) is 0 Å². The highest BCUT2D eigenvalue weighted by molar-refractivity contribution is 5.92. The van der Waals surface area contributed by atoms with Gasteiger partial charge in [0.15, 0.2) is 0 Å². The van der Waals surface area contributed by atoms with Crippen LogP contribution in [0.1, 0.15) is 11.3 Å². The highest BCUT2D eigenvalue weighted by atomic mass is 19.1. The summed E-state index contributed by atoms with van der Waals surface area (Å²) in [5, 5.41) is 2.52. The molecule has 3 N–H and O–H groups in total. The average Bonchev–Trinajstić information content (AvgIpc) is 2.36. The molecule has 1 aromatic carbocycles. The summed E-state index contributed by atoms with van der Waals surface area (Å²) in [6, 6.07) is 7.98. The average molecular weight is 259 g/mol. The van der Waals surface area contributed by atoms with Gasteiger partial charge >= 0.3 is 0 Å². The van der Waals surface area contributed by atoms with E-state index in [0.717, 1.165) is 5.56 Å². The van der Waals surface area contributed by atoms with Gasteiger partial charge in [-0.3, -0.25) is 9.78 Å². The summed E-state index contributed by atoms with van der Waals surface area (Å²) in [5.41, 5.74) is 7.59. The Hall–Kier alpha value is -2.43. The molecule has 4 nitrogen and oxygen atoms in total. The zero-order chi connectivity index (χ0) is 13.8. The minimum atomic E-state index is -0.446. The van der Waals surface area contributed by atoms with Crippen LogP contribution in [0.15, 0.2) is 36.5 Å². The van der Waals surface area contributed by atoms with Crippen molar-refractivity contribution in [1.82, 2.24) is 4.98 Å². The first-order chi connectivity index (χ1) is 9.04. The van der Waals surface area contributed by atoms with Crippen LogP contribution in [0.4, 0.5) is 15.8 Å². The molecule has 0 unspecified atom stereocenters. The third-order valence-electron chi connectivity index (χ3n) is 2.59. The van der Waals surface area contributed by atoms with Crippen LogP contribution in [0.25, 0.3) is 0 Å². The van der Waals surface area contributed by atoms with Crippen LogP contribution >= 0.6 is 0 Å². The second-order valence-electron chi connectivity index (χ2n) is 4.29. The van der Waals surface area contributed by atoms with Gasteiger partial charge in [-0.2, -0.15) is 0 Å². The monoisotopic (exact) mass is 259 g/mol. The van der Waals surface area contributed by atoms with Crippen molar-refractivity contribution in [2.75, 3.05) is 11.1 Å². The maximum absolute atomic E-state index is 13.6. The van der Waals surface area contributed by atoms with Crippen molar-refractivity contribution >= 4 is 17.3 Å². The lowest BCUT2D eigenvalue weighted by molar-refractivity contribution is -0.115. The summed E-state index contributed by atoms with van der Waals surface area (Å²) >= 11 is 0. The van der Waals surface area contributed by atoms with E-state index in [-0.39, 0.29) is 18.0 Å². The quantitative estimate of drug-likeness (QED) is 0.888. The molecule has 5 heteroatoms. The fourth-order valence-corrected chi connectivity index (χ4v) is 1.62. The molecule has 0 spiro atoms. The molecule has 0 aliphatic carbocycles. The van der Waals surface area contributed by atoms with Crippen molar-refractivity contribution in [1.29, 1.82) is 0 Å². The van der Waals surface area contributed by atoms with Crippen LogP contribution in [0, 0.1) is 12.7 Å². The fourth-order valence-electron chi connectivity index (χ4n) is 1.62. The van der Waals surface area contributed by atoms with Crippen LogP contribution in [0.5, 0.6) is 0 Å². The molecule has 1 aromatic heterocycles. The van der Waals surface area contributed by atoms with E-state index in [4.69, 9.17) is 5.73 Å². The van der Waals surface area contributed by atoms with Crippen molar-refractivity contribution in [2.45, 2.75) is 13.3 Å². The van der Waals surface area contributed by atoms with Gasteiger partial charge < -0.3 is 11.1 Å². The number of hydrogen-bond acceptors (Lipinski definition) is 3. The third-order valence-corrected chi connectivity index (χ3v) is 2.59. The lowest BCUT2D eigenvalue weighted by Gasteiger charge is -2.07. The van der Waals surface area contributed by atoms with Crippen molar-refractivity contribution < 1.29 is 9.18 Å². The number of nitrogen functional groups attached to an aromatic ring is 1. The molecule has 1 amide bonds. The molecular weight excluding hydrogens is 245 g/mol. The molecule has 0 atom stereocenters. The molecule has 98 valence electrons. The molecule has 0 aliphatic heterocycles. The van der Waals surface area contributed by atoms with Gasteiger partial charge in [-0.05, 0) is 36.8 Å². The van der Waals surface area contributed by atoms with Crippen molar-refractivity contribution in [3.8, 4) is 0 Å². The number of amides is 1. The number of aromatic nitrogens is 1. The van der Waals surface area contributed by atoms with E-state index < -0.39 is 5.82 Å². The highest BCUT2D eigenvalue weighted by Gasteiger charge is 2.08. The van der Waals surface area contributed by atoms with Crippen molar-refractivity contribution in [3.63, 3.8) is 0 Å². The molecule has 19 heavy (non-hydrogen) atoms. The largest absolute Gasteiger partial charge is 0.397 e. The minimum Gasteiger partial charge on any atom is -0.397 e. The van der Waals surface area contributed by atoms with Crippen LogP contribution < -0.4 is 11.1 Å². The molecule has 0 saturated carbocycles. The van der Waals surface area contributed by atoms with E-state index in [0.29, 0.717) is 11.4 Å². The number of pyridine rings is 1. The van der Waals surface area contributed by atoms with E-state index in [9.17, 15) is 9.18 Å². The number of nitrogens with zero attached hydrogens (tertiary/aromatic N) is 1. The summed E-state index contributed by atoms with van der Waals surface area (Å²) < 4.78 is 13.6. The van der Waals surface area contributed by atoms with Gasteiger partial charge in [0, 0.05) is 5.69 Å². The van der Waals surface area contributed by atoms with E-state index in [1.54, 1.807) is 31.2 Å². The van der Waals surface area contributed by atoms with Crippen molar-refractivity contribution in [3.05, 3.63) is 53.6 Å². The number of halogens is 1. The number of anilines is 2. The zero-order valence-electron chi connectivity index (χ0n) is 10.5. The van der Waals surface area contributed by atoms with E-state index in [1.165, 1.54) is 12.3 Å². The summed E-state index contributed by atoms with van der Waals surface area (Å²) in [6.45, 7) is 1.78. The summed E-state index contributed by atoms with van der Waals surface area (Å²) in [4.78, 5) is 15.8. The van der Waals surface area contributed by atoms with Gasteiger partial charge in [0.05, 0.1) is 24.0 Å². The van der Waals surface area contributed by atoms with Gasteiger partial charge in [0.1, 0.15) is 5.82 Å². The third kappa shape index (κ3) is 3.51. The Balaban J connectivity index is 2.03. The SMILES string of the molecule is Cc1ccc(NC(=O)Cc2ccc(N)cn2)c(F)c1. The molecule has 1 heterocycles. The first-order valence-corrected chi connectivity index (χ1v) is 5.81. The van der Waals surface area contributed by atoms with Crippen molar-refractivity contribution in [2.24, 2.45) is 0 Å². The summed E-state index contributed by atoms with van der Waals surface area (Å²) in [6.07, 6.45) is 1.56. The summed E-state index contributed by atoms with van der Waals surface area (Å²) in [5.74, 6) is -0.765. The number of hydrogen-bond donors (Lipinski definition) is 2. The van der Waals surface area contributed by atoms with E-state index in [1.807, 2.05) is 0 Å². The smallest absolute Gasteiger partial charge is 0.230 e. The Morgan fingerprint density at radius 2 is 2.16 bits per heavy atom. The first kappa shape index (κ1) is 13.0. The number of nitrogens with two attached hydrogens (primary N) is 1. The van der Waals surface area contributed by atoms with Gasteiger partial charge in [0.25, 0.3) is 0 Å². The molecular formula is C14H14FN3O. The summed E-state index contributed by atoms with van der Waals surface area (Å²) in [7, 11) is 0. The Morgan fingerprint density at radius 1 is 1.37 bits per heavy atom. The predicted octanol–water partition coefficient (Wildman–Crippen LogP) is 2.29. The van der Waals surface area contributed by atoms with Crippen LogP contribution in [-0.4, -0.2) is 10.9 Å². The lowest BCUT2D eigenvalue weighted by atomic mass is 10.2. The molecule has 2 rings (SSSR count).